The highest BCUT2D eigenvalue weighted by Gasteiger charge is 2.06. The van der Waals surface area contributed by atoms with Gasteiger partial charge in [-0.2, -0.15) is 0 Å². The topological polar surface area (TPSA) is 129 Å². The summed E-state index contributed by atoms with van der Waals surface area (Å²) in [6.07, 6.45) is 1.36. The summed E-state index contributed by atoms with van der Waals surface area (Å²) in [5, 5.41) is 17.3. The Morgan fingerprint density at radius 2 is 1.72 bits per heavy atom. The van der Waals surface area contributed by atoms with Gasteiger partial charge in [-0.1, -0.05) is 0 Å². The number of rotatable bonds is 4. The van der Waals surface area contributed by atoms with Gasteiger partial charge in [0.15, 0.2) is 0 Å². The molecule has 0 heterocycles. The van der Waals surface area contributed by atoms with Gasteiger partial charge < -0.3 is 15.2 Å². The molecule has 0 spiro atoms. The molecule has 0 bridgehead atoms. The summed E-state index contributed by atoms with van der Waals surface area (Å²) in [6, 6.07) is 5.08. The Kier molecular flexibility index (Phi) is 4.18. The highest BCUT2D eigenvalue weighted by Crippen LogP contribution is 2.12. The number of hydrogen-bond acceptors (Lipinski definition) is 5. The summed E-state index contributed by atoms with van der Waals surface area (Å²) < 4.78 is 21.9. The van der Waals surface area contributed by atoms with Crippen molar-refractivity contribution >= 4 is 27.6 Å². The smallest absolute Gasteiger partial charge is 0.248 e. The van der Waals surface area contributed by atoms with Crippen LogP contribution >= 0.6 is 0 Å². The fourth-order valence-electron chi connectivity index (χ4n) is 1.06. The Morgan fingerprint density at radius 3 is 2.17 bits per heavy atom. The second kappa shape index (κ2) is 5.43. The zero-order chi connectivity index (χ0) is 13.8. The summed E-state index contributed by atoms with van der Waals surface area (Å²) in [5.74, 6) is -2.17. The third kappa shape index (κ3) is 4.36. The third-order valence-electron chi connectivity index (χ3n) is 1.82. The maximum Gasteiger partial charge on any atom is 0.248 e. The number of benzene rings is 1. The summed E-state index contributed by atoms with van der Waals surface area (Å²) in [4.78, 5) is 21.1. The van der Waals surface area contributed by atoms with E-state index in [0.717, 1.165) is 6.08 Å². The van der Waals surface area contributed by atoms with Crippen LogP contribution in [0, 0.1) is 0 Å². The fraction of sp³-hybridized carbons (Fsp3) is 0. The van der Waals surface area contributed by atoms with Crippen molar-refractivity contribution in [3.8, 4) is 0 Å². The van der Waals surface area contributed by atoms with Crippen LogP contribution in [0.5, 0.6) is 0 Å². The standard InChI is InChI=1S/C10H10N2O5S/c11-18(16,17)8-3-1-7(2-4-8)12-9(13)5-6-10(14)15/h1-6H,(H,12,13)(H,14,15)(H2,11,16,17)/p-1/b6-5+. The molecule has 0 aromatic heterocycles. The van der Waals surface area contributed by atoms with E-state index in [4.69, 9.17) is 5.14 Å². The number of nitrogens with two attached hydrogens (primary N) is 1. The molecule has 0 atom stereocenters. The molecular weight excluding hydrogens is 260 g/mol. The SMILES string of the molecule is NS(=O)(=O)c1ccc(NC(=O)/C=C/C(=O)[O-])cc1. The van der Waals surface area contributed by atoms with Crippen LogP contribution < -0.4 is 15.6 Å². The molecule has 0 aliphatic carbocycles. The van der Waals surface area contributed by atoms with E-state index >= 15 is 0 Å². The first-order valence-corrected chi connectivity index (χ1v) is 6.16. The van der Waals surface area contributed by atoms with Gasteiger partial charge in [0.05, 0.1) is 10.9 Å². The summed E-state index contributed by atoms with van der Waals surface area (Å²) >= 11 is 0. The van der Waals surface area contributed by atoms with E-state index in [2.05, 4.69) is 5.32 Å². The van der Waals surface area contributed by atoms with Gasteiger partial charge in [-0.25, -0.2) is 13.6 Å². The Hall–Kier alpha value is -2.19. The van der Waals surface area contributed by atoms with Gasteiger partial charge in [0.1, 0.15) is 0 Å². The number of primary sulfonamides is 1. The van der Waals surface area contributed by atoms with Crippen LogP contribution in [0.3, 0.4) is 0 Å². The van der Waals surface area contributed by atoms with Gasteiger partial charge in [-0.05, 0) is 30.3 Å². The molecule has 7 nitrogen and oxygen atoms in total. The Labute approximate surface area is 103 Å². The largest absolute Gasteiger partial charge is 0.545 e. The molecule has 18 heavy (non-hydrogen) atoms. The third-order valence-corrected chi connectivity index (χ3v) is 2.75. The van der Waals surface area contributed by atoms with E-state index in [9.17, 15) is 23.1 Å². The highest BCUT2D eigenvalue weighted by atomic mass is 32.2. The van der Waals surface area contributed by atoms with Crippen molar-refractivity contribution in [2.45, 2.75) is 4.90 Å². The quantitative estimate of drug-likeness (QED) is 0.648. The van der Waals surface area contributed by atoms with Crippen LogP contribution in [0.2, 0.25) is 0 Å². The van der Waals surface area contributed by atoms with E-state index in [-0.39, 0.29) is 4.90 Å². The molecule has 0 unspecified atom stereocenters. The number of amides is 1. The minimum absolute atomic E-state index is 0.0919. The molecule has 0 aliphatic heterocycles. The number of carboxylic acid groups (broad SMARTS) is 1. The van der Waals surface area contributed by atoms with Crippen LogP contribution in [-0.4, -0.2) is 20.3 Å². The summed E-state index contributed by atoms with van der Waals surface area (Å²) in [7, 11) is -3.78. The number of carbonyl (C=O) groups excluding carboxylic acids is 2. The predicted octanol–water partition coefficient (Wildman–Crippen LogP) is -1.42. The van der Waals surface area contributed by atoms with Crippen molar-refractivity contribution in [3.05, 3.63) is 36.4 Å². The van der Waals surface area contributed by atoms with Crippen LogP contribution in [0.15, 0.2) is 41.3 Å². The number of carbonyl (C=O) groups is 2. The summed E-state index contributed by atoms with van der Waals surface area (Å²) in [5.41, 5.74) is 0.301. The molecule has 8 heteroatoms. The first-order valence-electron chi connectivity index (χ1n) is 4.62. The Bertz CT molecular complexity index is 589. The molecule has 0 saturated carbocycles. The fourth-order valence-corrected chi connectivity index (χ4v) is 1.57. The van der Waals surface area contributed by atoms with E-state index in [1.165, 1.54) is 24.3 Å². The monoisotopic (exact) mass is 269 g/mol. The van der Waals surface area contributed by atoms with Gasteiger partial charge in [-0.15, -0.1) is 0 Å². The van der Waals surface area contributed by atoms with Crippen molar-refractivity contribution < 1.29 is 23.1 Å². The molecule has 1 aromatic carbocycles. The molecule has 0 saturated heterocycles. The van der Waals surface area contributed by atoms with E-state index in [1.54, 1.807) is 0 Å². The van der Waals surface area contributed by atoms with Crippen molar-refractivity contribution in [3.63, 3.8) is 0 Å². The first kappa shape index (κ1) is 13.9. The van der Waals surface area contributed by atoms with Gasteiger partial charge in [0, 0.05) is 11.8 Å². The maximum absolute atomic E-state index is 11.2. The molecule has 96 valence electrons. The molecule has 0 radical (unpaired) electrons. The van der Waals surface area contributed by atoms with Crippen LogP contribution in [-0.2, 0) is 19.6 Å². The zero-order valence-corrected chi connectivity index (χ0v) is 9.81. The van der Waals surface area contributed by atoms with Gasteiger partial charge in [0.2, 0.25) is 15.9 Å². The molecule has 0 aliphatic rings. The van der Waals surface area contributed by atoms with Gasteiger partial charge in [-0.3, -0.25) is 4.79 Å². The van der Waals surface area contributed by atoms with E-state index in [0.29, 0.717) is 11.8 Å². The van der Waals surface area contributed by atoms with Crippen LogP contribution in [0.1, 0.15) is 0 Å². The van der Waals surface area contributed by atoms with E-state index < -0.39 is 21.9 Å². The summed E-state index contributed by atoms with van der Waals surface area (Å²) in [6.45, 7) is 0. The zero-order valence-electron chi connectivity index (χ0n) is 8.99. The molecule has 3 N–H and O–H groups in total. The highest BCUT2D eigenvalue weighted by molar-refractivity contribution is 7.89. The van der Waals surface area contributed by atoms with Crippen molar-refractivity contribution in [1.82, 2.24) is 0 Å². The van der Waals surface area contributed by atoms with Crippen LogP contribution in [0.25, 0.3) is 0 Å². The van der Waals surface area contributed by atoms with Gasteiger partial charge in [0.25, 0.3) is 0 Å². The number of sulfonamides is 1. The molecular formula is C10H9N2O5S-. The lowest BCUT2D eigenvalue weighted by atomic mass is 10.3. The lowest BCUT2D eigenvalue weighted by molar-refractivity contribution is -0.297. The van der Waals surface area contributed by atoms with Crippen LogP contribution in [0.4, 0.5) is 5.69 Å². The Morgan fingerprint density at radius 1 is 1.17 bits per heavy atom. The second-order valence-corrected chi connectivity index (χ2v) is 4.77. The average Bonchev–Trinajstić information content (AvgIpc) is 2.26. The van der Waals surface area contributed by atoms with Crippen molar-refractivity contribution in [2.24, 2.45) is 5.14 Å². The minimum Gasteiger partial charge on any atom is -0.545 e. The molecule has 0 fully saturated rings. The molecule has 1 amide bonds. The van der Waals surface area contributed by atoms with Crippen molar-refractivity contribution in [2.75, 3.05) is 5.32 Å². The number of nitrogens with one attached hydrogen (secondary N) is 1. The lowest BCUT2D eigenvalue weighted by Gasteiger charge is -2.03. The Balaban J connectivity index is 2.76. The van der Waals surface area contributed by atoms with Gasteiger partial charge >= 0.3 is 0 Å². The first-order chi connectivity index (χ1) is 8.29. The molecule has 1 rings (SSSR count). The lowest BCUT2D eigenvalue weighted by Crippen LogP contribution is -2.20. The van der Waals surface area contributed by atoms with E-state index in [1.807, 2.05) is 0 Å². The second-order valence-electron chi connectivity index (χ2n) is 3.21. The number of anilines is 1. The van der Waals surface area contributed by atoms with Crippen molar-refractivity contribution in [1.29, 1.82) is 0 Å². The average molecular weight is 269 g/mol. The number of aliphatic carboxylic acids is 1. The normalized spacial score (nSPS) is 11.4. The number of carboxylic acids is 1. The predicted molar refractivity (Wildman–Crippen MR) is 60.6 cm³/mol. The maximum atomic E-state index is 11.2. The minimum atomic E-state index is -3.78. The molecule has 1 aromatic rings. The number of hydrogen-bond donors (Lipinski definition) is 2.